The first-order chi connectivity index (χ1) is 10.3. The Kier molecular flexibility index (Phi) is 4.71. The highest BCUT2D eigenvalue weighted by Crippen LogP contribution is 2.30. The number of aromatic nitrogens is 2. The number of hydrogen-bond donors (Lipinski definition) is 0. The van der Waals surface area contributed by atoms with Crippen molar-refractivity contribution < 1.29 is 4.74 Å². The van der Waals surface area contributed by atoms with Crippen molar-refractivity contribution in [1.29, 1.82) is 0 Å². The second-order valence-corrected chi connectivity index (χ2v) is 6.04. The standard InChI is InChI=1S/C16H18Cl2N2O/c17-10-14-15(18)6-3-7-16(14)21-11-12-8-9-20(19-12)13-4-1-2-5-13/h3,6-9,13H,1-2,4-5,10-11H2. The third-order valence-corrected chi connectivity index (χ3v) is 4.57. The van der Waals surface area contributed by atoms with Gasteiger partial charge in [0.1, 0.15) is 12.4 Å². The molecule has 0 unspecified atom stereocenters. The van der Waals surface area contributed by atoms with Crippen LogP contribution >= 0.6 is 23.2 Å². The van der Waals surface area contributed by atoms with Gasteiger partial charge >= 0.3 is 0 Å². The van der Waals surface area contributed by atoms with Crippen LogP contribution in [-0.4, -0.2) is 9.78 Å². The molecule has 21 heavy (non-hydrogen) atoms. The molecule has 3 rings (SSSR count). The third-order valence-electron chi connectivity index (χ3n) is 3.95. The molecule has 1 aromatic heterocycles. The second-order valence-electron chi connectivity index (χ2n) is 5.36. The molecule has 0 aliphatic heterocycles. The van der Waals surface area contributed by atoms with Gasteiger partial charge in [0.2, 0.25) is 0 Å². The lowest BCUT2D eigenvalue weighted by atomic mass is 10.2. The summed E-state index contributed by atoms with van der Waals surface area (Å²) < 4.78 is 7.90. The lowest BCUT2D eigenvalue weighted by Crippen LogP contribution is -2.06. The van der Waals surface area contributed by atoms with Crippen LogP contribution in [0.1, 0.15) is 43.0 Å². The molecule has 1 heterocycles. The Balaban J connectivity index is 1.66. The van der Waals surface area contributed by atoms with E-state index in [4.69, 9.17) is 27.9 Å². The monoisotopic (exact) mass is 324 g/mol. The molecule has 0 amide bonds. The highest BCUT2D eigenvalue weighted by Gasteiger charge is 2.17. The SMILES string of the molecule is ClCc1c(Cl)cccc1OCc1ccn(C2CCCC2)n1. The van der Waals surface area contributed by atoms with Crippen molar-refractivity contribution in [2.24, 2.45) is 0 Å². The molecule has 0 atom stereocenters. The first-order valence-electron chi connectivity index (χ1n) is 7.28. The molecular weight excluding hydrogens is 307 g/mol. The van der Waals surface area contributed by atoms with E-state index in [0.29, 0.717) is 23.6 Å². The van der Waals surface area contributed by atoms with E-state index in [-0.39, 0.29) is 0 Å². The van der Waals surface area contributed by atoms with Gasteiger partial charge in [0, 0.05) is 16.8 Å². The maximum absolute atomic E-state index is 6.12. The average molecular weight is 325 g/mol. The summed E-state index contributed by atoms with van der Waals surface area (Å²) in [5.41, 5.74) is 1.76. The van der Waals surface area contributed by atoms with Gasteiger partial charge < -0.3 is 4.74 Å². The number of nitrogens with zero attached hydrogens (tertiary/aromatic N) is 2. The summed E-state index contributed by atoms with van der Waals surface area (Å²) >= 11 is 12.0. The Morgan fingerprint density at radius 3 is 2.81 bits per heavy atom. The number of hydrogen-bond acceptors (Lipinski definition) is 2. The van der Waals surface area contributed by atoms with Gasteiger partial charge in [-0.2, -0.15) is 5.10 Å². The van der Waals surface area contributed by atoms with E-state index in [1.165, 1.54) is 25.7 Å². The number of benzene rings is 1. The van der Waals surface area contributed by atoms with Crippen molar-refractivity contribution in [2.45, 2.75) is 44.2 Å². The van der Waals surface area contributed by atoms with Crippen LogP contribution in [0.3, 0.4) is 0 Å². The van der Waals surface area contributed by atoms with Crippen LogP contribution in [0.2, 0.25) is 5.02 Å². The molecule has 1 aliphatic carbocycles. The van der Waals surface area contributed by atoms with Crippen LogP contribution in [-0.2, 0) is 12.5 Å². The van der Waals surface area contributed by atoms with Crippen molar-refractivity contribution in [3.05, 3.63) is 46.7 Å². The summed E-state index contributed by atoms with van der Waals surface area (Å²) in [6.45, 7) is 0.434. The summed E-state index contributed by atoms with van der Waals surface area (Å²) in [7, 11) is 0. The third kappa shape index (κ3) is 3.35. The second kappa shape index (κ2) is 6.71. The molecule has 3 nitrogen and oxygen atoms in total. The molecule has 0 radical (unpaired) electrons. The zero-order valence-electron chi connectivity index (χ0n) is 11.8. The zero-order valence-corrected chi connectivity index (χ0v) is 13.3. The number of halogens is 2. The molecule has 1 fully saturated rings. The lowest BCUT2D eigenvalue weighted by molar-refractivity contribution is 0.295. The summed E-state index contributed by atoms with van der Waals surface area (Å²) in [6, 6.07) is 8.15. The Labute approximate surface area is 134 Å². The van der Waals surface area contributed by atoms with Crippen molar-refractivity contribution >= 4 is 23.2 Å². The van der Waals surface area contributed by atoms with Gasteiger partial charge in [0.15, 0.2) is 0 Å². The highest BCUT2D eigenvalue weighted by atomic mass is 35.5. The van der Waals surface area contributed by atoms with Crippen molar-refractivity contribution in [3.8, 4) is 5.75 Å². The highest BCUT2D eigenvalue weighted by molar-refractivity contribution is 6.32. The van der Waals surface area contributed by atoms with E-state index in [9.17, 15) is 0 Å². The number of ether oxygens (including phenoxy) is 1. The normalized spacial score (nSPS) is 15.5. The summed E-state index contributed by atoms with van der Waals surface area (Å²) in [4.78, 5) is 0. The van der Waals surface area contributed by atoms with E-state index in [1.54, 1.807) is 0 Å². The van der Waals surface area contributed by atoms with Gasteiger partial charge in [-0.25, -0.2) is 0 Å². The Hall–Kier alpha value is -1.19. The summed E-state index contributed by atoms with van der Waals surface area (Å²) in [5.74, 6) is 1.07. The molecule has 1 aromatic carbocycles. The van der Waals surface area contributed by atoms with Crippen molar-refractivity contribution in [3.63, 3.8) is 0 Å². The quantitative estimate of drug-likeness (QED) is 0.726. The van der Waals surface area contributed by atoms with Crippen LogP contribution in [0.5, 0.6) is 5.75 Å². The first-order valence-corrected chi connectivity index (χ1v) is 8.19. The molecule has 0 spiro atoms. The Morgan fingerprint density at radius 2 is 2.05 bits per heavy atom. The minimum absolute atomic E-state index is 0.339. The van der Waals surface area contributed by atoms with Crippen LogP contribution in [0.15, 0.2) is 30.5 Å². The van der Waals surface area contributed by atoms with Gasteiger partial charge in [0.25, 0.3) is 0 Å². The van der Waals surface area contributed by atoms with E-state index in [2.05, 4.69) is 16.0 Å². The molecule has 0 N–H and O–H groups in total. The van der Waals surface area contributed by atoms with Gasteiger partial charge in [0.05, 0.1) is 17.6 Å². The molecule has 1 aliphatic rings. The van der Waals surface area contributed by atoms with Crippen molar-refractivity contribution in [2.75, 3.05) is 0 Å². The van der Waals surface area contributed by atoms with E-state index >= 15 is 0 Å². The fourth-order valence-electron chi connectivity index (χ4n) is 2.78. The van der Waals surface area contributed by atoms with Crippen LogP contribution in [0.25, 0.3) is 0 Å². The molecule has 0 bridgehead atoms. The summed E-state index contributed by atoms with van der Waals surface area (Å²) in [6.07, 6.45) is 7.12. The number of rotatable bonds is 5. The molecule has 5 heteroatoms. The van der Waals surface area contributed by atoms with Crippen LogP contribution in [0, 0.1) is 0 Å². The Bertz CT molecular complexity index is 606. The van der Waals surface area contributed by atoms with Gasteiger partial charge in [-0.3, -0.25) is 4.68 Å². The largest absolute Gasteiger partial charge is 0.487 e. The lowest BCUT2D eigenvalue weighted by Gasteiger charge is -2.11. The molecule has 2 aromatic rings. The van der Waals surface area contributed by atoms with E-state index in [0.717, 1.165) is 17.0 Å². The van der Waals surface area contributed by atoms with Gasteiger partial charge in [-0.1, -0.05) is 30.5 Å². The fourth-order valence-corrected chi connectivity index (χ4v) is 3.36. The zero-order chi connectivity index (χ0) is 14.7. The van der Waals surface area contributed by atoms with E-state index in [1.807, 2.05) is 24.3 Å². The van der Waals surface area contributed by atoms with E-state index < -0.39 is 0 Å². The summed E-state index contributed by atoms with van der Waals surface area (Å²) in [5, 5.41) is 5.25. The topological polar surface area (TPSA) is 27.1 Å². The molecule has 1 saturated carbocycles. The van der Waals surface area contributed by atoms with Gasteiger partial charge in [-0.05, 0) is 31.0 Å². The fraction of sp³-hybridized carbons (Fsp3) is 0.438. The van der Waals surface area contributed by atoms with Crippen molar-refractivity contribution in [1.82, 2.24) is 9.78 Å². The van der Waals surface area contributed by atoms with Crippen LogP contribution in [0.4, 0.5) is 0 Å². The minimum Gasteiger partial charge on any atom is -0.487 e. The first kappa shape index (κ1) is 14.7. The predicted molar refractivity (Wildman–Crippen MR) is 85.1 cm³/mol. The van der Waals surface area contributed by atoms with Crippen LogP contribution < -0.4 is 4.74 Å². The maximum Gasteiger partial charge on any atom is 0.132 e. The Morgan fingerprint density at radius 1 is 1.24 bits per heavy atom. The van der Waals surface area contributed by atoms with Gasteiger partial charge in [-0.15, -0.1) is 11.6 Å². The molecule has 112 valence electrons. The minimum atomic E-state index is 0.339. The maximum atomic E-state index is 6.12. The predicted octanol–water partition coefficient (Wildman–Crippen LogP) is 4.97. The smallest absolute Gasteiger partial charge is 0.132 e. The number of alkyl halides is 1. The molecule has 0 saturated heterocycles. The average Bonchev–Trinajstić information content (AvgIpc) is 3.16. The molecular formula is C16H18Cl2N2O.